The van der Waals surface area contributed by atoms with Crippen LogP contribution in [0.4, 0.5) is 11.4 Å². The summed E-state index contributed by atoms with van der Waals surface area (Å²) in [5.41, 5.74) is 5.90. The number of aryl methyl sites for hydroxylation is 1. The molecule has 0 aliphatic carbocycles. The number of carbonyl (C=O) groups excluding carboxylic acids is 1. The van der Waals surface area contributed by atoms with Gasteiger partial charge >= 0.3 is 0 Å². The summed E-state index contributed by atoms with van der Waals surface area (Å²) in [5, 5.41) is 7.05. The summed E-state index contributed by atoms with van der Waals surface area (Å²) in [6.07, 6.45) is 3.50. The zero-order valence-electron chi connectivity index (χ0n) is 23.4. The van der Waals surface area contributed by atoms with Gasteiger partial charge in [-0.3, -0.25) is 9.78 Å². The molecule has 9 heteroatoms. The second-order valence-electron chi connectivity index (χ2n) is 10.2. The van der Waals surface area contributed by atoms with Gasteiger partial charge in [0, 0.05) is 29.0 Å². The zero-order chi connectivity index (χ0) is 29.1. The lowest BCUT2D eigenvalue weighted by atomic mass is 9.96. The lowest BCUT2D eigenvalue weighted by Gasteiger charge is -2.28. The van der Waals surface area contributed by atoms with Crippen molar-refractivity contribution in [3.63, 3.8) is 0 Å². The second kappa shape index (κ2) is 11.9. The number of anilines is 2. The lowest BCUT2D eigenvalue weighted by molar-refractivity contribution is -0.118. The molecule has 1 saturated heterocycles. The molecule has 5 aromatic rings. The molecular weight excluding hydrogens is 546 g/mol. The zero-order valence-corrected chi connectivity index (χ0v) is 24.2. The first kappa shape index (κ1) is 27.3. The van der Waals surface area contributed by atoms with E-state index in [4.69, 9.17) is 21.4 Å². The molecule has 2 atom stereocenters. The highest BCUT2D eigenvalue weighted by Crippen LogP contribution is 2.43. The molecule has 3 aromatic heterocycles. The number of rotatable bonds is 9. The van der Waals surface area contributed by atoms with Gasteiger partial charge in [0.05, 0.1) is 30.6 Å². The summed E-state index contributed by atoms with van der Waals surface area (Å²) < 4.78 is 13.5. The molecule has 1 fully saturated rings. The van der Waals surface area contributed by atoms with Crippen LogP contribution in [0.15, 0.2) is 108 Å². The molecule has 0 bridgehead atoms. The molecule has 8 nitrogen and oxygen atoms in total. The summed E-state index contributed by atoms with van der Waals surface area (Å²) in [4.78, 5) is 19.3. The van der Waals surface area contributed by atoms with Crippen LogP contribution in [-0.4, -0.2) is 27.2 Å². The van der Waals surface area contributed by atoms with Crippen LogP contribution in [-0.2, 0) is 11.3 Å². The summed E-state index contributed by atoms with van der Waals surface area (Å²) in [7, 11) is 0. The van der Waals surface area contributed by atoms with E-state index in [9.17, 15) is 4.79 Å². The van der Waals surface area contributed by atoms with Gasteiger partial charge in [-0.15, -0.1) is 0 Å². The van der Waals surface area contributed by atoms with Gasteiger partial charge in [0.15, 0.2) is 11.7 Å². The van der Waals surface area contributed by atoms with Crippen molar-refractivity contribution in [2.75, 3.05) is 16.8 Å². The fraction of sp³-hybridized carbons (Fsp3) is 0.182. The second-order valence-corrected chi connectivity index (χ2v) is 10.6. The fourth-order valence-electron chi connectivity index (χ4n) is 5.45. The maximum absolute atomic E-state index is 12.5. The topological polar surface area (TPSA) is 84.6 Å². The average molecular weight is 578 g/mol. The van der Waals surface area contributed by atoms with Gasteiger partial charge < -0.3 is 29.3 Å². The molecule has 4 heterocycles. The summed E-state index contributed by atoms with van der Waals surface area (Å²) in [6.45, 7) is 4.81. The van der Waals surface area contributed by atoms with Gasteiger partial charge in [0.25, 0.3) is 5.91 Å². The van der Waals surface area contributed by atoms with Crippen LogP contribution in [0, 0.1) is 13.8 Å². The number of para-hydroxylation sites is 1. The van der Waals surface area contributed by atoms with Gasteiger partial charge in [-0.05, 0) is 98.4 Å². The van der Waals surface area contributed by atoms with E-state index >= 15 is 0 Å². The molecule has 1 aliphatic heterocycles. The van der Waals surface area contributed by atoms with Crippen molar-refractivity contribution in [2.24, 2.45) is 0 Å². The maximum Gasteiger partial charge on any atom is 0.262 e. The monoisotopic (exact) mass is 577 g/mol. The Morgan fingerprint density at radius 1 is 1.02 bits per heavy atom. The Morgan fingerprint density at radius 2 is 1.81 bits per heavy atom. The average Bonchev–Trinajstić information content (AvgIpc) is 3.72. The lowest BCUT2D eigenvalue weighted by Crippen LogP contribution is -2.29. The summed E-state index contributed by atoms with van der Waals surface area (Å²) in [5.74, 6) is 1.31. The standard InChI is InChI=1S/C33H31N5O3S/c1-22-19-28(23(2)37(22)20-27-11-8-18-40-27)32-31(29-12-6-7-17-34-29)36-33(42)38(32)25-15-13-24(14-16-25)35-30(39)21-41-26-9-4-3-5-10-26/h3-19,31-32H,20-21H2,1-2H3,(H,35,39)(H,36,42)/t31-,32-/m0/s1. The third-order valence-electron chi connectivity index (χ3n) is 7.47. The molecule has 6 rings (SSSR count). The van der Waals surface area contributed by atoms with Gasteiger partial charge in [-0.1, -0.05) is 24.3 Å². The van der Waals surface area contributed by atoms with E-state index in [0.717, 1.165) is 34.1 Å². The number of amides is 1. The Bertz CT molecular complexity index is 1670. The predicted molar refractivity (Wildman–Crippen MR) is 167 cm³/mol. The number of ether oxygens (including phenoxy) is 1. The first-order valence-corrected chi connectivity index (χ1v) is 14.2. The minimum atomic E-state index is -0.234. The highest BCUT2D eigenvalue weighted by molar-refractivity contribution is 7.80. The first-order chi connectivity index (χ1) is 20.5. The van der Waals surface area contributed by atoms with E-state index in [1.807, 2.05) is 84.9 Å². The van der Waals surface area contributed by atoms with Gasteiger partial charge in [0.1, 0.15) is 11.5 Å². The largest absolute Gasteiger partial charge is 0.484 e. The van der Waals surface area contributed by atoms with Gasteiger partial charge in [-0.25, -0.2) is 0 Å². The van der Waals surface area contributed by atoms with Crippen molar-refractivity contribution in [3.8, 4) is 5.75 Å². The van der Waals surface area contributed by atoms with Gasteiger partial charge in [-0.2, -0.15) is 0 Å². The van der Waals surface area contributed by atoms with Crippen LogP contribution in [0.5, 0.6) is 5.75 Å². The minimum Gasteiger partial charge on any atom is -0.484 e. The molecule has 0 saturated carbocycles. The number of thiocarbonyl (C=S) groups is 1. The van der Waals surface area contributed by atoms with E-state index in [0.29, 0.717) is 23.1 Å². The highest BCUT2D eigenvalue weighted by Gasteiger charge is 2.42. The number of hydrogen-bond donors (Lipinski definition) is 2. The Kier molecular flexibility index (Phi) is 7.74. The van der Waals surface area contributed by atoms with E-state index < -0.39 is 0 Å². The van der Waals surface area contributed by atoms with Crippen LogP contribution >= 0.6 is 12.2 Å². The number of hydrogen-bond acceptors (Lipinski definition) is 5. The van der Waals surface area contributed by atoms with E-state index in [-0.39, 0.29) is 24.6 Å². The van der Waals surface area contributed by atoms with Crippen LogP contribution in [0.25, 0.3) is 0 Å². The molecule has 42 heavy (non-hydrogen) atoms. The van der Waals surface area contributed by atoms with E-state index in [1.165, 1.54) is 0 Å². The summed E-state index contributed by atoms with van der Waals surface area (Å²) >= 11 is 5.92. The van der Waals surface area contributed by atoms with Crippen molar-refractivity contribution < 1.29 is 13.9 Å². The smallest absolute Gasteiger partial charge is 0.262 e. The number of benzene rings is 2. The van der Waals surface area contributed by atoms with Crippen molar-refractivity contribution >= 4 is 34.6 Å². The molecule has 0 spiro atoms. The Balaban J connectivity index is 1.27. The molecule has 212 valence electrons. The van der Waals surface area contributed by atoms with Crippen LogP contribution < -0.4 is 20.3 Å². The van der Waals surface area contributed by atoms with Crippen LogP contribution in [0.2, 0.25) is 0 Å². The minimum absolute atomic E-state index is 0.0760. The van der Waals surface area contributed by atoms with Crippen molar-refractivity contribution in [2.45, 2.75) is 32.5 Å². The Hall–Kier alpha value is -4.89. The first-order valence-electron chi connectivity index (χ1n) is 13.8. The number of nitrogens with one attached hydrogen (secondary N) is 2. The quantitative estimate of drug-likeness (QED) is 0.198. The maximum atomic E-state index is 12.5. The summed E-state index contributed by atoms with van der Waals surface area (Å²) in [6, 6.07) is 28.7. The SMILES string of the molecule is Cc1cc([C@H]2[C@H](c3ccccn3)NC(=S)N2c2ccc(NC(=O)COc3ccccc3)cc2)c(C)n1Cc1ccco1. The third-order valence-corrected chi connectivity index (χ3v) is 7.78. The van der Waals surface area contributed by atoms with E-state index in [2.05, 4.69) is 45.0 Å². The molecule has 2 aromatic carbocycles. The third kappa shape index (κ3) is 5.64. The number of carbonyl (C=O) groups is 1. The van der Waals surface area contributed by atoms with Crippen molar-refractivity contribution in [1.29, 1.82) is 0 Å². The molecule has 2 N–H and O–H groups in total. The Morgan fingerprint density at radius 3 is 2.52 bits per heavy atom. The number of pyridine rings is 1. The predicted octanol–water partition coefficient (Wildman–Crippen LogP) is 6.34. The number of furan rings is 1. The van der Waals surface area contributed by atoms with Crippen LogP contribution in [0.3, 0.4) is 0 Å². The molecule has 1 aliphatic rings. The molecule has 1 amide bonds. The van der Waals surface area contributed by atoms with Crippen molar-refractivity contribution in [1.82, 2.24) is 14.9 Å². The van der Waals surface area contributed by atoms with Crippen molar-refractivity contribution in [3.05, 3.63) is 132 Å². The number of aromatic nitrogens is 2. The fourth-order valence-corrected chi connectivity index (χ4v) is 5.79. The Labute approximate surface area is 250 Å². The molecular formula is C33H31N5O3S. The normalized spacial score (nSPS) is 16.3. The highest BCUT2D eigenvalue weighted by atomic mass is 32.1. The molecule has 0 unspecified atom stereocenters. The van der Waals surface area contributed by atoms with Crippen LogP contribution in [0.1, 0.15) is 40.5 Å². The van der Waals surface area contributed by atoms with E-state index in [1.54, 1.807) is 12.5 Å². The number of nitrogens with zero attached hydrogens (tertiary/aromatic N) is 3. The molecule has 0 radical (unpaired) electrons. The van der Waals surface area contributed by atoms with Gasteiger partial charge in [0.2, 0.25) is 0 Å².